The van der Waals surface area contributed by atoms with E-state index >= 15 is 0 Å². The lowest BCUT2D eigenvalue weighted by atomic mass is 9.86. The van der Waals surface area contributed by atoms with Gasteiger partial charge >= 0.3 is 0 Å². The van der Waals surface area contributed by atoms with E-state index in [-0.39, 0.29) is 50.3 Å². The number of aromatic hydroxyl groups is 1. The van der Waals surface area contributed by atoms with Crippen LogP contribution in [0.3, 0.4) is 0 Å². The van der Waals surface area contributed by atoms with Gasteiger partial charge in [-0.3, -0.25) is 15.1 Å². The van der Waals surface area contributed by atoms with Gasteiger partial charge in [0, 0.05) is 43.8 Å². The molecule has 0 fully saturated rings. The number of aliphatic hydroxyl groups is 3. The van der Waals surface area contributed by atoms with Crippen LogP contribution in [0.5, 0.6) is 11.5 Å². The molecule has 0 radical (unpaired) electrons. The molecule has 3 aliphatic rings. The number of aliphatic imine (C=N–C) groups is 1. The number of hydrogen-bond acceptors (Lipinski definition) is 10. The Balaban J connectivity index is 1.17. The van der Waals surface area contributed by atoms with Crippen molar-refractivity contribution in [1.29, 1.82) is 0 Å². The van der Waals surface area contributed by atoms with E-state index in [1.54, 1.807) is 18.2 Å². The van der Waals surface area contributed by atoms with E-state index in [2.05, 4.69) is 10.3 Å². The SMILES string of the molecule is CCC[C@H](O)C[C@@H](O)CC(=O)CCc1ccc(O)c(OCN2C=C3C(Cc4c(CO)ccc5c4CCN[C@H]5N)=CN=C3C2)c1. The summed E-state index contributed by atoms with van der Waals surface area (Å²) < 4.78 is 5.99. The number of ketones is 1. The minimum absolute atomic E-state index is 0.0171. The standard InChI is InChI=1S/C34H44N4O6/c1-2-3-24(40)14-26(42)15-25(41)7-4-21-5-9-32(43)33(12-21)44-20-38-17-30-23(16-37-31(30)18-38)13-29-22(19-39)6-8-28-27(29)10-11-36-34(28)35/h5-6,8-9,12,16-17,24,26,34,36,39-40,42-43H,2-4,7,10-11,13-15,18-20,35H2,1H3/t24-,26+,34+/m0/s1. The summed E-state index contributed by atoms with van der Waals surface area (Å²) >= 11 is 0. The zero-order valence-corrected chi connectivity index (χ0v) is 25.3. The summed E-state index contributed by atoms with van der Waals surface area (Å²) in [7, 11) is 0. The molecule has 0 bridgehead atoms. The van der Waals surface area contributed by atoms with E-state index in [1.807, 2.05) is 36.4 Å². The fraction of sp³-hybridized carbons (Fsp3) is 0.471. The smallest absolute Gasteiger partial charge is 0.163 e. The lowest BCUT2D eigenvalue weighted by molar-refractivity contribution is -0.121. The zero-order valence-electron chi connectivity index (χ0n) is 25.3. The van der Waals surface area contributed by atoms with Crippen LogP contribution in [-0.4, -0.2) is 68.8 Å². The van der Waals surface area contributed by atoms with Crippen LogP contribution in [0.25, 0.3) is 0 Å². The molecule has 0 amide bonds. The predicted molar refractivity (Wildman–Crippen MR) is 168 cm³/mol. The first-order chi connectivity index (χ1) is 21.2. The molecule has 0 saturated heterocycles. The van der Waals surface area contributed by atoms with Gasteiger partial charge in [0.15, 0.2) is 18.2 Å². The summed E-state index contributed by atoms with van der Waals surface area (Å²) in [5.74, 6) is 0.279. The Hall–Kier alpha value is -3.54. The number of rotatable bonds is 15. The van der Waals surface area contributed by atoms with Crippen molar-refractivity contribution in [3.63, 3.8) is 0 Å². The number of carbonyl (C=O) groups excluding carboxylic acids is 1. The van der Waals surface area contributed by atoms with E-state index in [9.17, 15) is 25.2 Å². The summed E-state index contributed by atoms with van der Waals surface area (Å²) in [6.07, 6.45) is 6.15. The Kier molecular flexibility index (Phi) is 10.5. The molecule has 236 valence electrons. The van der Waals surface area contributed by atoms with E-state index in [4.69, 9.17) is 10.5 Å². The van der Waals surface area contributed by atoms with Crippen LogP contribution in [0.1, 0.15) is 73.0 Å². The number of aryl methyl sites for hydroxylation is 1. The maximum Gasteiger partial charge on any atom is 0.163 e. The van der Waals surface area contributed by atoms with Crippen molar-refractivity contribution in [1.82, 2.24) is 10.2 Å². The summed E-state index contributed by atoms with van der Waals surface area (Å²) in [4.78, 5) is 19.1. The molecule has 5 rings (SSSR count). The average molecular weight is 605 g/mol. The number of nitrogens with one attached hydrogen (secondary N) is 1. The van der Waals surface area contributed by atoms with Crippen LogP contribution in [0.2, 0.25) is 0 Å². The highest BCUT2D eigenvalue weighted by Gasteiger charge is 2.29. The summed E-state index contributed by atoms with van der Waals surface area (Å²) in [5.41, 5.74) is 14.5. The van der Waals surface area contributed by atoms with E-state index in [0.717, 1.165) is 58.5 Å². The Morgan fingerprint density at radius 3 is 2.86 bits per heavy atom. The van der Waals surface area contributed by atoms with Crippen LogP contribution in [0.4, 0.5) is 0 Å². The number of aliphatic hydroxyl groups excluding tert-OH is 3. The second-order valence-electron chi connectivity index (χ2n) is 12.0. The van der Waals surface area contributed by atoms with Crippen LogP contribution >= 0.6 is 0 Å². The first kappa shape index (κ1) is 31.9. The van der Waals surface area contributed by atoms with E-state index in [1.165, 1.54) is 5.56 Å². The summed E-state index contributed by atoms with van der Waals surface area (Å²) in [5, 5.41) is 43.8. The summed E-state index contributed by atoms with van der Waals surface area (Å²) in [6.45, 7) is 3.51. The Bertz CT molecular complexity index is 1450. The molecule has 2 aromatic carbocycles. The van der Waals surface area contributed by atoms with Gasteiger partial charge in [-0.1, -0.05) is 31.5 Å². The second kappa shape index (κ2) is 14.5. The molecule has 0 spiro atoms. The summed E-state index contributed by atoms with van der Waals surface area (Å²) in [6, 6.07) is 9.03. The topological polar surface area (TPSA) is 161 Å². The largest absolute Gasteiger partial charge is 0.504 e. The average Bonchev–Trinajstić information content (AvgIpc) is 3.57. The molecule has 2 aromatic rings. The molecule has 3 aliphatic heterocycles. The van der Waals surface area contributed by atoms with Gasteiger partial charge in [-0.25, -0.2) is 0 Å². The minimum Gasteiger partial charge on any atom is -0.504 e. The number of carbonyl (C=O) groups is 1. The van der Waals surface area contributed by atoms with Gasteiger partial charge in [0.1, 0.15) is 5.78 Å². The van der Waals surface area contributed by atoms with Gasteiger partial charge in [0.2, 0.25) is 0 Å². The predicted octanol–water partition coefficient (Wildman–Crippen LogP) is 2.91. The number of phenols is 1. The van der Waals surface area contributed by atoms with Crippen molar-refractivity contribution < 1.29 is 30.0 Å². The van der Waals surface area contributed by atoms with Crippen LogP contribution < -0.4 is 15.8 Å². The second-order valence-corrected chi connectivity index (χ2v) is 12.0. The third-order valence-corrected chi connectivity index (χ3v) is 8.61. The molecule has 0 unspecified atom stereocenters. The number of benzene rings is 2. The quantitative estimate of drug-likeness (QED) is 0.180. The maximum absolute atomic E-state index is 12.4. The third kappa shape index (κ3) is 7.57. The highest BCUT2D eigenvalue weighted by molar-refractivity contribution is 6.09. The molecule has 3 heterocycles. The molecule has 0 aliphatic carbocycles. The molecule has 44 heavy (non-hydrogen) atoms. The lowest BCUT2D eigenvalue weighted by Gasteiger charge is -2.27. The van der Waals surface area contributed by atoms with Crippen molar-refractivity contribution in [3.05, 3.63) is 81.7 Å². The van der Waals surface area contributed by atoms with Crippen LogP contribution in [0.15, 0.2) is 58.9 Å². The van der Waals surface area contributed by atoms with Crippen molar-refractivity contribution in [2.75, 3.05) is 19.8 Å². The number of Topliss-reactive ketones (excluding diaryl/α,β-unsaturated/α-hetero) is 1. The minimum atomic E-state index is -0.845. The van der Waals surface area contributed by atoms with Gasteiger partial charge in [-0.2, -0.15) is 0 Å². The maximum atomic E-state index is 12.4. The molecule has 7 N–H and O–H groups in total. The first-order valence-corrected chi connectivity index (χ1v) is 15.5. The van der Waals surface area contributed by atoms with Gasteiger partial charge in [0.25, 0.3) is 0 Å². The van der Waals surface area contributed by atoms with Gasteiger partial charge < -0.3 is 35.8 Å². The normalized spacial score (nSPS) is 18.7. The van der Waals surface area contributed by atoms with Gasteiger partial charge in [-0.05, 0) is 71.2 Å². The zero-order chi connectivity index (χ0) is 31.2. The number of fused-ring (bicyclic) bond motifs is 2. The monoisotopic (exact) mass is 604 g/mol. The third-order valence-electron chi connectivity index (χ3n) is 8.61. The van der Waals surface area contributed by atoms with Crippen LogP contribution in [0, 0.1) is 0 Å². The molecule has 0 aromatic heterocycles. The fourth-order valence-corrected chi connectivity index (χ4v) is 6.25. The Labute approximate surface area is 258 Å². The Morgan fingerprint density at radius 2 is 2.07 bits per heavy atom. The number of nitrogens with zero attached hydrogens (tertiary/aromatic N) is 2. The van der Waals surface area contributed by atoms with Crippen molar-refractivity contribution >= 4 is 11.5 Å². The van der Waals surface area contributed by atoms with Gasteiger partial charge in [0.05, 0.1) is 37.2 Å². The number of ether oxygens (including phenoxy) is 1. The number of nitrogens with two attached hydrogens (primary N) is 1. The van der Waals surface area contributed by atoms with Crippen molar-refractivity contribution in [3.8, 4) is 11.5 Å². The van der Waals surface area contributed by atoms with Crippen LogP contribution in [-0.2, 0) is 30.7 Å². The van der Waals surface area contributed by atoms with E-state index in [0.29, 0.717) is 31.6 Å². The number of hydrogen-bond donors (Lipinski definition) is 6. The molecular formula is C34H44N4O6. The lowest BCUT2D eigenvalue weighted by Crippen LogP contribution is -2.36. The van der Waals surface area contributed by atoms with Crippen molar-refractivity contribution in [2.24, 2.45) is 10.7 Å². The molecular weight excluding hydrogens is 560 g/mol. The fourth-order valence-electron chi connectivity index (χ4n) is 6.25. The Morgan fingerprint density at radius 1 is 1.23 bits per heavy atom. The highest BCUT2D eigenvalue weighted by atomic mass is 16.5. The van der Waals surface area contributed by atoms with Crippen molar-refractivity contribution in [2.45, 2.75) is 83.3 Å². The molecule has 10 heteroatoms. The molecule has 3 atom stereocenters. The highest BCUT2D eigenvalue weighted by Crippen LogP contribution is 2.34. The molecule has 0 saturated carbocycles. The van der Waals surface area contributed by atoms with E-state index < -0.39 is 12.2 Å². The molecule has 10 nitrogen and oxygen atoms in total. The number of allylic oxidation sites excluding steroid dienone is 1. The van der Waals surface area contributed by atoms with Gasteiger partial charge in [-0.15, -0.1) is 0 Å². The number of phenolic OH excluding ortho intramolecular Hbond substituents is 1. The first-order valence-electron chi connectivity index (χ1n) is 15.5.